The van der Waals surface area contributed by atoms with Crippen molar-refractivity contribution in [2.75, 3.05) is 6.54 Å². The first-order chi connectivity index (χ1) is 13.3. The summed E-state index contributed by atoms with van der Waals surface area (Å²) in [4.78, 5) is 12.0. The molecule has 2 aromatic heterocycles. The average molecular weight is 462 g/mol. The summed E-state index contributed by atoms with van der Waals surface area (Å²) in [5.74, 6) is 0.672. The molecule has 0 spiro atoms. The number of aromatic nitrogens is 1. The summed E-state index contributed by atoms with van der Waals surface area (Å²) in [6.07, 6.45) is 3.99. The van der Waals surface area contributed by atoms with E-state index in [1.165, 1.54) is 10.0 Å². The third kappa shape index (κ3) is 5.88. The maximum absolute atomic E-state index is 6.11. The first kappa shape index (κ1) is 20.0. The molecular formula is C21H22N2OS2Se. The fraction of sp³-hybridized carbons (Fsp3) is 0.238. The second-order valence-corrected chi connectivity index (χ2v) is 9.35. The Labute approximate surface area is 175 Å². The number of unbranched alkanes of at least 4 members (excludes halogenated alkanes) is 1. The molecule has 0 aliphatic carbocycles. The first-order valence-electron chi connectivity index (χ1n) is 8.93. The summed E-state index contributed by atoms with van der Waals surface area (Å²) in [6.45, 7) is 2.93. The van der Waals surface area contributed by atoms with Crippen molar-refractivity contribution in [2.45, 2.75) is 25.1 Å². The van der Waals surface area contributed by atoms with Gasteiger partial charge in [0.15, 0.2) is 0 Å². The van der Waals surface area contributed by atoms with Gasteiger partial charge in [0, 0.05) is 0 Å². The topological polar surface area (TPSA) is 26.5 Å². The predicted octanol–water partition coefficient (Wildman–Crippen LogP) is 4.48. The van der Waals surface area contributed by atoms with E-state index in [4.69, 9.17) is 22.0 Å². The molecule has 27 heavy (non-hydrogen) atoms. The van der Waals surface area contributed by atoms with Gasteiger partial charge in [-0.05, 0) is 0 Å². The summed E-state index contributed by atoms with van der Waals surface area (Å²) < 4.78 is 3.58. The van der Waals surface area contributed by atoms with E-state index >= 15 is 0 Å². The molecule has 0 radical (unpaired) electrons. The number of pyridine rings is 1. The van der Waals surface area contributed by atoms with Gasteiger partial charge in [-0.2, -0.15) is 0 Å². The number of benzene rings is 1. The van der Waals surface area contributed by atoms with Gasteiger partial charge < -0.3 is 0 Å². The quantitative estimate of drug-likeness (QED) is 0.163. The standard InChI is InChI=1S/C21H22N2OS2Se/c1-2-3-13-22-21(24-23-14-8-7-11-19(23)25)20-18(12-15-26-20)27-16-17-9-5-4-6-10-17/h4-12,14-15H,2-3,13,16H2,1H3. The van der Waals surface area contributed by atoms with Gasteiger partial charge in [-0.25, -0.2) is 0 Å². The van der Waals surface area contributed by atoms with Crippen LogP contribution >= 0.6 is 23.6 Å². The predicted molar refractivity (Wildman–Crippen MR) is 118 cm³/mol. The minimum atomic E-state index is 0.323. The van der Waals surface area contributed by atoms with E-state index in [1.807, 2.05) is 24.4 Å². The van der Waals surface area contributed by atoms with Gasteiger partial charge >= 0.3 is 176 Å². The number of aliphatic imine (C=N–C) groups is 1. The van der Waals surface area contributed by atoms with Gasteiger partial charge in [0.05, 0.1) is 0 Å². The second-order valence-electron chi connectivity index (χ2n) is 5.88. The summed E-state index contributed by atoms with van der Waals surface area (Å²) in [5, 5.41) is 3.19. The van der Waals surface area contributed by atoms with E-state index in [1.54, 1.807) is 16.1 Å². The van der Waals surface area contributed by atoms with E-state index in [2.05, 4.69) is 48.7 Å². The Kier molecular flexibility index (Phi) is 7.84. The average Bonchev–Trinajstić information content (AvgIpc) is 3.16. The molecule has 0 unspecified atom stereocenters. The molecule has 0 saturated heterocycles. The van der Waals surface area contributed by atoms with Crippen LogP contribution in [0.3, 0.4) is 0 Å². The Morgan fingerprint density at radius 3 is 2.74 bits per heavy atom. The van der Waals surface area contributed by atoms with Crippen LogP contribution in [0.4, 0.5) is 0 Å². The Hall–Kier alpha value is -1.72. The first-order valence-corrected chi connectivity index (χ1v) is 12.3. The molecule has 0 aliphatic rings. The Balaban J connectivity index is 1.82. The van der Waals surface area contributed by atoms with Crippen LogP contribution in [0.5, 0.6) is 0 Å². The van der Waals surface area contributed by atoms with Crippen LogP contribution in [0.2, 0.25) is 0 Å². The molecule has 0 atom stereocenters. The van der Waals surface area contributed by atoms with Gasteiger partial charge in [0.25, 0.3) is 0 Å². The van der Waals surface area contributed by atoms with Crippen LogP contribution in [0.1, 0.15) is 30.2 Å². The fourth-order valence-corrected chi connectivity index (χ4v) is 5.95. The number of thiophene rings is 1. The van der Waals surface area contributed by atoms with Crippen molar-refractivity contribution >= 4 is 48.9 Å². The van der Waals surface area contributed by atoms with E-state index in [9.17, 15) is 0 Å². The molecule has 0 N–H and O–H groups in total. The van der Waals surface area contributed by atoms with Crippen LogP contribution in [-0.4, -0.2) is 32.1 Å². The molecule has 2 heterocycles. The van der Waals surface area contributed by atoms with Crippen molar-refractivity contribution in [3.8, 4) is 0 Å². The second kappa shape index (κ2) is 10.6. The van der Waals surface area contributed by atoms with Gasteiger partial charge in [-0.1, -0.05) is 0 Å². The third-order valence-electron chi connectivity index (χ3n) is 3.80. The number of hydrogen-bond acceptors (Lipinski definition) is 4. The molecule has 3 rings (SSSR count). The normalized spacial score (nSPS) is 11.5. The molecular weight excluding hydrogens is 439 g/mol. The van der Waals surface area contributed by atoms with Gasteiger partial charge in [0.2, 0.25) is 0 Å². The molecule has 0 bridgehead atoms. The van der Waals surface area contributed by atoms with E-state index in [-0.39, 0.29) is 0 Å². The van der Waals surface area contributed by atoms with Gasteiger partial charge in [-0.3, -0.25) is 0 Å². The zero-order valence-electron chi connectivity index (χ0n) is 15.2. The monoisotopic (exact) mass is 462 g/mol. The van der Waals surface area contributed by atoms with Crippen LogP contribution in [0.25, 0.3) is 0 Å². The van der Waals surface area contributed by atoms with Crippen LogP contribution < -0.4 is 9.30 Å². The SMILES string of the molecule is CCCCN=C(On1ccccc1=S)c1sccc1[Se]Cc1ccccc1. The van der Waals surface area contributed by atoms with Gasteiger partial charge in [0.1, 0.15) is 0 Å². The number of rotatable bonds is 8. The molecule has 140 valence electrons. The number of hydrogen-bond donors (Lipinski definition) is 0. The minimum absolute atomic E-state index is 0.323. The van der Waals surface area contributed by atoms with E-state index < -0.39 is 0 Å². The summed E-state index contributed by atoms with van der Waals surface area (Å²) >= 11 is 7.38. The van der Waals surface area contributed by atoms with Crippen molar-refractivity contribution in [2.24, 2.45) is 4.99 Å². The van der Waals surface area contributed by atoms with Crippen molar-refractivity contribution in [1.82, 2.24) is 4.73 Å². The zero-order chi connectivity index (χ0) is 18.9. The van der Waals surface area contributed by atoms with Crippen LogP contribution in [0, 0.1) is 4.64 Å². The van der Waals surface area contributed by atoms with Crippen molar-refractivity contribution in [1.29, 1.82) is 0 Å². The molecule has 3 nitrogen and oxygen atoms in total. The van der Waals surface area contributed by atoms with Gasteiger partial charge in [-0.15, -0.1) is 0 Å². The van der Waals surface area contributed by atoms with Crippen molar-refractivity contribution in [3.63, 3.8) is 0 Å². The Bertz CT molecular complexity index is 934. The molecule has 1 aromatic carbocycles. The summed E-state index contributed by atoms with van der Waals surface area (Å²) in [5.41, 5.74) is 1.37. The van der Waals surface area contributed by atoms with Crippen LogP contribution in [0.15, 0.2) is 71.2 Å². The third-order valence-corrected chi connectivity index (χ3v) is 7.68. The molecule has 0 amide bonds. The zero-order valence-corrected chi connectivity index (χ0v) is 18.6. The molecule has 6 heteroatoms. The van der Waals surface area contributed by atoms with Crippen molar-refractivity contribution < 1.29 is 4.84 Å². The Morgan fingerprint density at radius 2 is 1.96 bits per heavy atom. The summed E-state index contributed by atoms with van der Waals surface area (Å²) in [7, 11) is 0. The molecule has 0 fully saturated rings. The molecule has 3 aromatic rings. The maximum atomic E-state index is 6.11. The van der Waals surface area contributed by atoms with Crippen molar-refractivity contribution in [3.05, 3.63) is 81.3 Å². The Morgan fingerprint density at radius 1 is 1.15 bits per heavy atom. The summed E-state index contributed by atoms with van der Waals surface area (Å²) in [6, 6.07) is 18.5. The fourth-order valence-electron chi connectivity index (χ4n) is 2.36. The van der Waals surface area contributed by atoms with E-state index in [0.29, 0.717) is 25.5 Å². The van der Waals surface area contributed by atoms with Crippen LogP contribution in [-0.2, 0) is 5.32 Å². The molecule has 0 saturated carbocycles. The molecule has 0 aliphatic heterocycles. The number of nitrogens with zero attached hydrogens (tertiary/aromatic N) is 2. The van der Waals surface area contributed by atoms with E-state index in [0.717, 1.165) is 29.6 Å².